The first-order chi connectivity index (χ1) is 13.5. The lowest BCUT2D eigenvalue weighted by atomic mass is 10.1. The molecule has 0 saturated carbocycles. The van der Waals surface area contributed by atoms with E-state index in [2.05, 4.69) is 4.90 Å². The van der Waals surface area contributed by atoms with Crippen LogP contribution in [0.2, 0.25) is 0 Å². The van der Waals surface area contributed by atoms with E-state index in [9.17, 15) is 4.79 Å². The Kier molecular flexibility index (Phi) is 5.19. The lowest BCUT2D eigenvalue weighted by molar-refractivity contribution is 0.0984. The van der Waals surface area contributed by atoms with Crippen molar-refractivity contribution < 1.29 is 14.3 Å². The zero-order valence-corrected chi connectivity index (χ0v) is 17.1. The highest BCUT2D eigenvalue weighted by atomic mass is 32.1. The monoisotopic (exact) mass is 397 g/mol. The number of benzene rings is 2. The van der Waals surface area contributed by atoms with Crippen molar-refractivity contribution >= 4 is 32.6 Å². The Bertz CT molecular complexity index is 972. The van der Waals surface area contributed by atoms with E-state index in [-0.39, 0.29) is 5.91 Å². The van der Waals surface area contributed by atoms with Crippen molar-refractivity contribution in [3.8, 4) is 11.5 Å². The average Bonchev–Trinajstić information content (AvgIpc) is 3.08. The van der Waals surface area contributed by atoms with Crippen LogP contribution < -0.4 is 14.4 Å². The zero-order chi connectivity index (χ0) is 19.7. The molecule has 3 aromatic rings. The number of ether oxygens (including phenoxy) is 2. The van der Waals surface area contributed by atoms with Gasteiger partial charge in [0.1, 0.15) is 13.2 Å². The summed E-state index contributed by atoms with van der Waals surface area (Å²) in [6.45, 7) is 4.35. The number of carbonyl (C=O) groups is 1. The van der Waals surface area contributed by atoms with Crippen LogP contribution in [0.15, 0.2) is 36.4 Å². The average molecular weight is 398 g/mol. The third-order valence-electron chi connectivity index (χ3n) is 4.66. The lowest BCUT2D eigenvalue weighted by Crippen LogP contribution is -2.37. The molecular weight excluding hydrogens is 374 g/mol. The number of likely N-dealkylation sites (N-methyl/N-ethyl adjacent to an activating group) is 1. The van der Waals surface area contributed by atoms with Gasteiger partial charge in [-0.05, 0) is 32.6 Å². The van der Waals surface area contributed by atoms with Crippen LogP contribution in [0.25, 0.3) is 10.2 Å². The largest absolute Gasteiger partial charge is 0.486 e. The minimum absolute atomic E-state index is 0.0312. The van der Waals surface area contributed by atoms with E-state index in [0.29, 0.717) is 36.2 Å². The van der Waals surface area contributed by atoms with Gasteiger partial charge in [-0.25, -0.2) is 4.98 Å². The summed E-state index contributed by atoms with van der Waals surface area (Å²) in [6, 6.07) is 11.5. The second-order valence-electron chi connectivity index (χ2n) is 7.04. The molecule has 28 heavy (non-hydrogen) atoms. The Hall–Kier alpha value is -2.64. The van der Waals surface area contributed by atoms with Gasteiger partial charge in [-0.2, -0.15) is 0 Å². The van der Waals surface area contributed by atoms with Crippen molar-refractivity contribution in [3.05, 3.63) is 47.5 Å². The second-order valence-corrected chi connectivity index (χ2v) is 8.04. The molecule has 146 valence electrons. The summed E-state index contributed by atoms with van der Waals surface area (Å²) >= 11 is 1.50. The van der Waals surface area contributed by atoms with E-state index in [1.165, 1.54) is 11.3 Å². The van der Waals surface area contributed by atoms with Crippen molar-refractivity contribution in [2.45, 2.75) is 6.92 Å². The number of nitrogens with zero attached hydrogens (tertiary/aromatic N) is 3. The molecule has 1 amide bonds. The summed E-state index contributed by atoms with van der Waals surface area (Å²) in [5.41, 5.74) is 2.48. The first-order valence-corrected chi connectivity index (χ1v) is 10.1. The quantitative estimate of drug-likeness (QED) is 0.659. The molecule has 4 rings (SSSR count). The van der Waals surface area contributed by atoms with Gasteiger partial charge in [0, 0.05) is 30.8 Å². The molecule has 0 radical (unpaired) electrons. The summed E-state index contributed by atoms with van der Waals surface area (Å²) in [4.78, 5) is 21.9. The highest BCUT2D eigenvalue weighted by Crippen LogP contribution is 2.39. The van der Waals surface area contributed by atoms with Gasteiger partial charge < -0.3 is 14.4 Å². The maximum absolute atomic E-state index is 13.3. The Balaban J connectivity index is 1.73. The fourth-order valence-electron chi connectivity index (χ4n) is 3.11. The minimum atomic E-state index is -0.0312. The van der Waals surface area contributed by atoms with Gasteiger partial charge in [-0.1, -0.05) is 29.5 Å². The molecule has 0 aliphatic carbocycles. The number of hydrogen-bond donors (Lipinski definition) is 0. The summed E-state index contributed by atoms with van der Waals surface area (Å²) in [6.07, 6.45) is 0. The van der Waals surface area contributed by atoms with Gasteiger partial charge in [0.05, 0.1) is 10.2 Å². The molecule has 0 N–H and O–H groups in total. The molecule has 1 aromatic heterocycles. The molecule has 1 aliphatic heterocycles. The van der Waals surface area contributed by atoms with Crippen LogP contribution in [0.3, 0.4) is 0 Å². The maximum atomic E-state index is 13.3. The molecule has 0 spiro atoms. The Morgan fingerprint density at radius 2 is 1.82 bits per heavy atom. The van der Waals surface area contributed by atoms with Crippen LogP contribution in [0.5, 0.6) is 11.5 Å². The highest BCUT2D eigenvalue weighted by Gasteiger charge is 2.23. The highest BCUT2D eigenvalue weighted by molar-refractivity contribution is 7.22. The predicted molar refractivity (Wildman–Crippen MR) is 112 cm³/mol. The molecule has 0 unspecified atom stereocenters. The number of carbonyl (C=O) groups excluding carboxylic acids is 1. The number of fused-ring (bicyclic) bond motifs is 2. The van der Waals surface area contributed by atoms with Crippen molar-refractivity contribution in [1.29, 1.82) is 0 Å². The summed E-state index contributed by atoms with van der Waals surface area (Å²) in [5.74, 6) is 1.41. The van der Waals surface area contributed by atoms with Crippen LogP contribution >= 0.6 is 11.3 Å². The maximum Gasteiger partial charge on any atom is 0.260 e. The summed E-state index contributed by atoms with van der Waals surface area (Å²) < 4.78 is 12.3. The van der Waals surface area contributed by atoms with E-state index in [1.54, 1.807) is 4.90 Å². The standard InChI is InChI=1S/C21H23N3O3S/c1-14-6-4-5-7-15(14)20(25)24(9-8-23(2)3)21-22-16-12-17-18(13-19(16)28-21)27-11-10-26-17/h4-7,12-13H,8-11H2,1-3H3. The number of hydrogen-bond acceptors (Lipinski definition) is 6. The SMILES string of the molecule is Cc1ccccc1C(=O)N(CCN(C)C)c1nc2cc3c(cc2s1)OCCO3. The number of aromatic nitrogens is 1. The molecule has 0 fully saturated rings. The zero-order valence-electron chi connectivity index (χ0n) is 16.3. The van der Waals surface area contributed by atoms with Crippen molar-refractivity contribution in [1.82, 2.24) is 9.88 Å². The van der Waals surface area contributed by atoms with Gasteiger partial charge >= 0.3 is 0 Å². The van der Waals surface area contributed by atoms with Crippen molar-refractivity contribution in [2.75, 3.05) is 45.3 Å². The minimum Gasteiger partial charge on any atom is -0.486 e. The van der Waals surface area contributed by atoms with Crippen LogP contribution in [0.1, 0.15) is 15.9 Å². The molecule has 1 aliphatic rings. The molecule has 0 saturated heterocycles. The molecule has 2 aromatic carbocycles. The fourth-order valence-corrected chi connectivity index (χ4v) is 4.11. The Morgan fingerprint density at radius 3 is 2.54 bits per heavy atom. The Morgan fingerprint density at radius 1 is 1.11 bits per heavy atom. The van der Waals surface area contributed by atoms with Crippen molar-refractivity contribution in [3.63, 3.8) is 0 Å². The van der Waals surface area contributed by atoms with Gasteiger partial charge in [-0.3, -0.25) is 9.69 Å². The summed E-state index contributed by atoms with van der Waals surface area (Å²) in [7, 11) is 4.00. The summed E-state index contributed by atoms with van der Waals surface area (Å²) in [5, 5.41) is 0.687. The molecule has 0 bridgehead atoms. The number of thiazole rings is 1. The predicted octanol–water partition coefficient (Wildman–Crippen LogP) is 3.58. The van der Waals surface area contributed by atoms with Gasteiger partial charge in [0.2, 0.25) is 0 Å². The number of anilines is 1. The molecule has 7 heteroatoms. The van der Waals surface area contributed by atoms with E-state index in [1.807, 2.05) is 57.4 Å². The van der Waals surface area contributed by atoms with Crippen molar-refractivity contribution in [2.24, 2.45) is 0 Å². The smallest absolute Gasteiger partial charge is 0.260 e. The molecule has 0 atom stereocenters. The van der Waals surface area contributed by atoms with Crippen LogP contribution in [0, 0.1) is 6.92 Å². The van der Waals surface area contributed by atoms with E-state index in [0.717, 1.165) is 28.1 Å². The second kappa shape index (κ2) is 7.77. The number of amides is 1. The van der Waals surface area contributed by atoms with Crippen LogP contribution in [-0.4, -0.2) is 56.2 Å². The third kappa shape index (κ3) is 3.68. The van der Waals surface area contributed by atoms with Crippen LogP contribution in [-0.2, 0) is 0 Å². The van der Waals surface area contributed by atoms with Gasteiger partial charge in [0.15, 0.2) is 16.6 Å². The Labute approximate surface area is 168 Å². The molecule has 2 heterocycles. The topological polar surface area (TPSA) is 54.9 Å². The molecular formula is C21H23N3O3S. The third-order valence-corrected chi connectivity index (χ3v) is 5.70. The normalized spacial score (nSPS) is 13.1. The first-order valence-electron chi connectivity index (χ1n) is 9.25. The van der Waals surface area contributed by atoms with E-state index in [4.69, 9.17) is 14.5 Å². The fraction of sp³-hybridized carbons (Fsp3) is 0.333. The van der Waals surface area contributed by atoms with E-state index >= 15 is 0 Å². The van der Waals surface area contributed by atoms with E-state index < -0.39 is 0 Å². The van der Waals surface area contributed by atoms with Gasteiger partial charge in [0.25, 0.3) is 5.91 Å². The molecule has 6 nitrogen and oxygen atoms in total. The number of aryl methyl sites for hydroxylation is 1. The van der Waals surface area contributed by atoms with Crippen LogP contribution in [0.4, 0.5) is 5.13 Å². The number of rotatable bonds is 5. The lowest BCUT2D eigenvalue weighted by Gasteiger charge is -2.22. The van der Waals surface area contributed by atoms with Gasteiger partial charge in [-0.15, -0.1) is 0 Å². The first kappa shape index (κ1) is 18.7.